The number of H-pyrrole nitrogens is 1. The van der Waals surface area contributed by atoms with Crippen LogP contribution in [0.1, 0.15) is 28.8 Å². The molecule has 0 radical (unpaired) electrons. The number of fused-ring (bicyclic) bond motifs is 2. The molecule has 1 aliphatic rings. The van der Waals surface area contributed by atoms with Crippen molar-refractivity contribution >= 4 is 34.2 Å². The van der Waals surface area contributed by atoms with Crippen molar-refractivity contribution < 1.29 is 15.0 Å². The maximum Gasteiger partial charge on any atom is 0.337 e. The number of hydrogen-bond donors (Lipinski definition) is 4. The van der Waals surface area contributed by atoms with Crippen LogP contribution in [0.25, 0.3) is 28.3 Å². The highest BCUT2D eigenvalue weighted by atomic mass is 16.4. The third-order valence-corrected chi connectivity index (χ3v) is 5.70. The second-order valence-corrected chi connectivity index (χ2v) is 7.71. The summed E-state index contributed by atoms with van der Waals surface area (Å²) in [6.45, 7) is 3.39. The molecule has 2 heterocycles. The van der Waals surface area contributed by atoms with E-state index in [1.165, 1.54) is 13.0 Å². The van der Waals surface area contributed by atoms with Gasteiger partial charge in [-0.3, -0.25) is 9.59 Å². The van der Waals surface area contributed by atoms with Crippen LogP contribution in [0, 0.1) is 6.92 Å². The molecule has 156 valence electrons. The maximum atomic E-state index is 12.8. The predicted molar refractivity (Wildman–Crippen MR) is 113 cm³/mol. The van der Waals surface area contributed by atoms with Crippen molar-refractivity contribution in [3.8, 4) is 5.75 Å². The zero-order valence-corrected chi connectivity index (χ0v) is 16.7. The summed E-state index contributed by atoms with van der Waals surface area (Å²) in [7, 11) is 2.06. The van der Waals surface area contributed by atoms with Crippen molar-refractivity contribution in [2.24, 2.45) is 0 Å². The van der Waals surface area contributed by atoms with Crippen LogP contribution in [0.5, 0.6) is 5.75 Å². The third-order valence-electron chi connectivity index (χ3n) is 5.70. The summed E-state index contributed by atoms with van der Waals surface area (Å²) in [5.74, 6) is -1.45. The highest BCUT2D eigenvalue weighted by Gasteiger charge is 2.19. The number of piperidine rings is 1. The van der Waals surface area contributed by atoms with Crippen molar-refractivity contribution in [3.05, 3.63) is 48.9 Å². The summed E-state index contributed by atoms with van der Waals surface area (Å²) in [5.41, 5.74) is -0.961. The molecule has 0 atom stereocenters. The number of aromatic carboxylic acids is 1. The number of hydrogen-bond acceptors (Lipinski definition) is 7. The number of benzene rings is 2. The molecule has 4 N–H and O–H groups in total. The second-order valence-electron chi connectivity index (χ2n) is 7.71. The first-order chi connectivity index (χ1) is 14.3. The number of rotatable bonds is 3. The number of phenols is 1. The fourth-order valence-electron chi connectivity index (χ4n) is 3.82. The lowest BCUT2D eigenvalue weighted by molar-refractivity contribution is 0.0699. The average Bonchev–Trinajstić information content (AvgIpc) is 2.72. The van der Waals surface area contributed by atoms with Gasteiger partial charge in [0.15, 0.2) is 0 Å². The van der Waals surface area contributed by atoms with Crippen LogP contribution in [-0.2, 0) is 0 Å². The number of carboxylic acids is 1. The molecule has 4 rings (SSSR count). The molecule has 3 aromatic rings. The first-order valence-corrected chi connectivity index (χ1v) is 9.68. The lowest BCUT2D eigenvalue weighted by Gasteiger charge is -2.29. The van der Waals surface area contributed by atoms with Gasteiger partial charge in [0.2, 0.25) is 10.9 Å². The van der Waals surface area contributed by atoms with E-state index in [0.717, 1.165) is 32.0 Å². The summed E-state index contributed by atoms with van der Waals surface area (Å²) in [4.78, 5) is 46.0. The van der Waals surface area contributed by atoms with Crippen LogP contribution in [0.4, 0.5) is 0 Å². The number of nitrogens with zero attached hydrogens (tertiary/aromatic N) is 2. The van der Waals surface area contributed by atoms with Crippen molar-refractivity contribution in [2.45, 2.75) is 25.8 Å². The monoisotopic (exact) mass is 410 g/mol. The molecule has 30 heavy (non-hydrogen) atoms. The number of aromatic nitrogens is 2. The lowest BCUT2D eigenvalue weighted by Crippen LogP contribution is -2.39. The topological polar surface area (TPSA) is 136 Å². The number of nitrogens with one attached hydrogen (secondary N) is 2. The highest BCUT2D eigenvalue weighted by molar-refractivity contribution is 6.02. The van der Waals surface area contributed by atoms with Crippen LogP contribution in [0.15, 0.2) is 21.7 Å². The molecule has 0 unspecified atom stereocenters. The Bertz CT molecular complexity index is 1340. The molecule has 0 saturated carbocycles. The molecule has 9 nitrogen and oxygen atoms in total. The molecule has 1 saturated heterocycles. The van der Waals surface area contributed by atoms with Gasteiger partial charge in [-0.2, -0.15) is 0 Å². The molecule has 0 amide bonds. The van der Waals surface area contributed by atoms with Gasteiger partial charge in [0, 0.05) is 17.8 Å². The third kappa shape index (κ3) is 3.26. The van der Waals surface area contributed by atoms with E-state index in [2.05, 4.69) is 27.2 Å². The summed E-state index contributed by atoms with van der Waals surface area (Å²) in [6, 6.07) is 2.52. The van der Waals surface area contributed by atoms with Crippen LogP contribution < -0.4 is 21.4 Å². The Kier molecular flexibility index (Phi) is 4.90. The molecular formula is C21H22N4O5. The van der Waals surface area contributed by atoms with Crippen LogP contribution >= 0.6 is 0 Å². The number of aromatic hydroxyl groups is 1. The summed E-state index contributed by atoms with van der Waals surface area (Å²) in [5, 5.41) is 23.6. The minimum absolute atomic E-state index is 0.0149. The summed E-state index contributed by atoms with van der Waals surface area (Å²) in [6.07, 6.45) is 3.48. The zero-order valence-electron chi connectivity index (χ0n) is 16.7. The normalized spacial score (nSPS) is 16.4. The Morgan fingerprint density at radius 3 is 2.60 bits per heavy atom. The number of phenolic OH excluding ortho intramolecular Hbond substituents is 1. The first kappa shape index (κ1) is 19.8. The van der Waals surface area contributed by atoms with E-state index in [9.17, 15) is 24.6 Å². The maximum absolute atomic E-state index is 12.8. The van der Waals surface area contributed by atoms with Gasteiger partial charge < -0.3 is 25.4 Å². The molecule has 0 spiro atoms. The van der Waals surface area contributed by atoms with E-state index in [0.29, 0.717) is 5.22 Å². The van der Waals surface area contributed by atoms with Gasteiger partial charge in [0.25, 0.3) is 0 Å². The van der Waals surface area contributed by atoms with E-state index in [1.54, 1.807) is 6.20 Å². The van der Waals surface area contributed by atoms with E-state index in [1.807, 2.05) is 0 Å². The molecule has 0 aliphatic carbocycles. The van der Waals surface area contributed by atoms with Gasteiger partial charge in [-0.25, -0.2) is 9.78 Å². The van der Waals surface area contributed by atoms with Crippen molar-refractivity contribution in [1.29, 1.82) is 0 Å². The van der Waals surface area contributed by atoms with Crippen LogP contribution in [0.2, 0.25) is 0 Å². The molecule has 1 fully saturated rings. The molecule has 1 aromatic heterocycles. The SMILES string of the molecule is Cc1c(O)/c(=C\NC2CCN(C)CC2)c2nc3c(=O)ccc(C(=O)O)c3[nH]c2c1=O. The molecule has 0 bridgehead atoms. The quantitative estimate of drug-likeness (QED) is 0.453. The number of carboxylic acid groups (broad SMARTS) is 1. The Hall–Kier alpha value is -3.46. The van der Waals surface area contributed by atoms with Gasteiger partial charge in [0.1, 0.15) is 22.3 Å². The Morgan fingerprint density at radius 1 is 1.23 bits per heavy atom. The number of likely N-dealkylation sites (tertiary alicyclic amines) is 1. The number of aromatic amines is 1. The van der Waals surface area contributed by atoms with Gasteiger partial charge in [-0.1, -0.05) is 0 Å². The highest BCUT2D eigenvalue weighted by Crippen LogP contribution is 2.17. The summed E-state index contributed by atoms with van der Waals surface area (Å²) >= 11 is 0. The van der Waals surface area contributed by atoms with Gasteiger partial charge in [-0.15, -0.1) is 0 Å². The zero-order chi connectivity index (χ0) is 21.6. The second kappa shape index (κ2) is 7.42. The van der Waals surface area contributed by atoms with E-state index in [-0.39, 0.29) is 45.0 Å². The minimum Gasteiger partial charge on any atom is -0.507 e. The Balaban J connectivity index is 1.98. The minimum atomic E-state index is -1.24. The van der Waals surface area contributed by atoms with Gasteiger partial charge in [-0.05, 0) is 52.0 Å². The molecule has 9 heteroatoms. The fourth-order valence-corrected chi connectivity index (χ4v) is 3.82. The van der Waals surface area contributed by atoms with E-state index >= 15 is 0 Å². The van der Waals surface area contributed by atoms with Crippen LogP contribution in [-0.4, -0.2) is 57.2 Å². The molecular weight excluding hydrogens is 388 g/mol. The van der Waals surface area contributed by atoms with E-state index < -0.39 is 16.8 Å². The van der Waals surface area contributed by atoms with Crippen LogP contribution in [0.3, 0.4) is 0 Å². The Labute approximate surface area is 170 Å². The summed E-state index contributed by atoms with van der Waals surface area (Å²) < 4.78 is 0. The average molecular weight is 410 g/mol. The molecule has 2 aromatic carbocycles. The largest absolute Gasteiger partial charge is 0.507 e. The van der Waals surface area contributed by atoms with Crippen molar-refractivity contribution in [1.82, 2.24) is 20.2 Å². The lowest BCUT2D eigenvalue weighted by atomic mass is 10.1. The molecule has 1 aliphatic heterocycles. The first-order valence-electron chi connectivity index (χ1n) is 9.68. The Morgan fingerprint density at radius 2 is 1.93 bits per heavy atom. The fraction of sp³-hybridized carbons (Fsp3) is 0.333. The van der Waals surface area contributed by atoms with Crippen molar-refractivity contribution in [2.75, 3.05) is 20.1 Å². The smallest absolute Gasteiger partial charge is 0.337 e. The van der Waals surface area contributed by atoms with Gasteiger partial charge in [0.05, 0.1) is 16.3 Å². The predicted octanol–water partition coefficient (Wildman–Crippen LogP) is 0.289. The van der Waals surface area contributed by atoms with Crippen molar-refractivity contribution in [3.63, 3.8) is 0 Å². The van der Waals surface area contributed by atoms with Gasteiger partial charge >= 0.3 is 5.97 Å². The standard InChI is InChI=1S/C21H22N4O5/c1-10-19(27)13(9-22-11-5-7-25(2)8-6-11)16-18(20(10)28)24-15-12(21(29)30)3-4-14(26)17(15)23-16/h3-4,9,11,22,24,27H,5-8H2,1-2H3,(H,29,30)/b13-9-. The van der Waals surface area contributed by atoms with E-state index in [4.69, 9.17) is 0 Å². The number of carbonyl (C=O) groups is 1.